The lowest BCUT2D eigenvalue weighted by Gasteiger charge is -2.30. The third-order valence-corrected chi connectivity index (χ3v) is 16.5. The Bertz CT molecular complexity index is 1780. The van der Waals surface area contributed by atoms with E-state index in [9.17, 15) is 19.0 Å². The van der Waals surface area contributed by atoms with Gasteiger partial charge in [0.05, 0.1) is 33.8 Å². The van der Waals surface area contributed by atoms with Gasteiger partial charge in [0.15, 0.2) is 0 Å². The van der Waals surface area contributed by atoms with E-state index in [4.69, 9.17) is 13.8 Å². The number of allylic oxidation sites excluding steroid dienone is 15. The second-order valence-electron chi connectivity index (χ2n) is 25.0. The molecule has 0 aliphatic rings. The average Bonchev–Trinajstić information content (AvgIpc) is 3.52. The molecule has 1 amide bonds. The summed E-state index contributed by atoms with van der Waals surface area (Å²) in [7, 11) is 1.17. The van der Waals surface area contributed by atoms with Gasteiger partial charge in [-0.05, 0) is 109 Å². The van der Waals surface area contributed by atoms with E-state index in [0.29, 0.717) is 17.4 Å². The fraction of sp³-hybridized carbons (Fsp3) is 0.760. The Morgan fingerprint density at radius 3 is 1.15 bits per heavy atom. The largest absolute Gasteiger partial charge is 0.756 e. The average molecular weight is 1210 g/mol. The van der Waals surface area contributed by atoms with E-state index in [1.807, 2.05) is 33.3 Å². The molecule has 0 aromatic heterocycles. The molecule has 0 saturated carbocycles. The van der Waals surface area contributed by atoms with Gasteiger partial charge in [0, 0.05) is 12.8 Å². The number of rotatable bonds is 64. The number of amides is 1. The Hall–Kier alpha value is -3.07. The van der Waals surface area contributed by atoms with Gasteiger partial charge in [-0.25, -0.2) is 0 Å². The van der Waals surface area contributed by atoms with Crippen molar-refractivity contribution in [3.05, 3.63) is 97.2 Å². The molecule has 0 aromatic rings. The number of likely N-dealkylation sites (N-methyl/N-ethyl adjacent to an activating group) is 1. The minimum Gasteiger partial charge on any atom is -0.756 e. The van der Waals surface area contributed by atoms with Crippen LogP contribution in [0.1, 0.15) is 316 Å². The van der Waals surface area contributed by atoms with Gasteiger partial charge in [0.2, 0.25) is 5.91 Å². The highest BCUT2D eigenvalue weighted by atomic mass is 31.2. The zero-order valence-electron chi connectivity index (χ0n) is 56.3. The Morgan fingerprint density at radius 1 is 0.424 bits per heavy atom. The summed E-state index contributed by atoms with van der Waals surface area (Å²) in [4.78, 5) is 40.2. The summed E-state index contributed by atoms with van der Waals surface area (Å²) in [5.74, 6) is -0.550. The van der Waals surface area contributed by atoms with Gasteiger partial charge in [0.1, 0.15) is 19.3 Å². The van der Waals surface area contributed by atoms with Crippen LogP contribution in [-0.4, -0.2) is 69.4 Å². The normalized spacial score (nSPS) is 14.1. The number of carbonyl (C=O) groups excluding carboxylic acids is 2. The summed E-state index contributed by atoms with van der Waals surface area (Å²) in [5.41, 5.74) is 0. The maximum atomic E-state index is 13.6. The summed E-state index contributed by atoms with van der Waals surface area (Å²) < 4.78 is 30.5. The number of phosphoric ester groups is 1. The molecule has 0 rings (SSSR count). The first-order valence-electron chi connectivity index (χ1n) is 35.5. The van der Waals surface area contributed by atoms with Crippen LogP contribution in [-0.2, 0) is 27.9 Å². The van der Waals surface area contributed by atoms with Crippen molar-refractivity contribution in [3.63, 3.8) is 0 Å². The monoisotopic (exact) mass is 1210 g/mol. The van der Waals surface area contributed by atoms with Crippen LogP contribution in [0.2, 0.25) is 0 Å². The Labute approximate surface area is 526 Å². The topological polar surface area (TPSA) is 114 Å². The zero-order chi connectivity index (χ0) is 62.1. The molecule has 85 heavy (non-hydrogen) atoms. The second-order valence-corrected chi connectivity index (χ2v) is 26.4. The second kappa shape index (κ2) is 63.9. The molecule has 492 valence electrons. The number of hydrogen-bond acceptors (Lipinski definition) is 7. The predicted octanol–water partition coefficient (Wildman–Crippen LogP) is 22.0. The summed E-state index contributed by atoms with van der Waals surface area (Å²) in [6, 6.07) is -0.901. The number of carbonyl (C=O) groups is 2. The van der Waals surface area contributed by atoms with Crippen molar-refractivity contribution >= 4 is 19.7 Å². The Kier molecular flexibility index (Phi) is 61.6. The minimum atomic E-state index is -4.71. The van der Waals surface area contributed by atoms with Crippen LogP contribution in [0.3, 0.4) is 0 Å². The first-order valence-corrected chi connectivity index (χ1v) is 37.0. The van der Waals surface area contributed by atoms with Crippen LogP contribution in [0, 0.1) is 0 Å². The van der Waals surface area contributed by atoms with Crippen LogP contribution in [0.5, 0.6) is 0 Å². The first-order chi connectivity index (χ1) is 41.4. The van der Waals surface area contributed by atoms with Crippen molar-refractivity contribution < 1.29 is 37.3 Å². The van der Waals surface area contributed by atoms with E-state index in [0.717, 1.165) is 109 Å². The van der Waals surface area contributed by atoms with E-state index in [-0.39, 0.29) is 24.9 Å². The lowest BCUT2D eigenvalue weighted by Crippen LogP contribution is -2.47. The number of unbranched alkanes of at least 4 members (excludes halogenated alkanes) is 34. The smallest absolute Gasteiger partial charge is 0.306 e. The van der Waals surface area contributed by atoms with Crippen LogP contribution in [0.4, 0.5) is 0 Å². The number of nitrogens with zero attached hydrogens (tertiary/aromatic N) is 1. The molecule has 0 saturated heterocycles. The molecular formula is C75H135N2O7P. The van der Waals surface area contributed by atoms with Gasteiger partial charge >= 0.3 is 5.97 Å². The molecule has 0 aliphatic heterocycles. The van der Waals surface area contributed by atoms with Gasteiger partial charge in [-0.1, -0.05) is 292 Å². The minimum absolute atomic E-state index is 0.0281. The standard InChI is InChI=1S/C75H135N2O7P/c1-7-10-13-16-19-22-25-28-30-32-34-36-38-40-42-44-46-49-52-55-58-61-64-67-74(78)76-72(71-83-85(80,81)82-70-69-77(4,5)6)73(66-63-60-57-54-51-48-27-24-21-18-15-12-9-3)84-75(79)68-65-62-59-56-53-50-47-45-43-41-39-37-35-33-31-29-26-23-20-17-14-11-8-2/h10,13,19-20,22-23,28-31,34,36,40,42,63,66,72-73H,7-9,11-12,14-18,21,24-27,32-33,35,37-39,41,43-62,64-65,67-71H2,1-6H3,(H-,76,78,80,81)/b13-10-,22-19-,23-20-,30-28-,31-29-,36-34-,42-40-,66-63+. The Balaban J connectivity index is 5.14. The number of phosphoric acid groups is 1. The van der Waals surface area contributed by atoms with E-state index in [1.165, 1.54) is 173 Å². The maximum Gasteiger partial charge on any atom is 0.306 e. The van der Waals surface area contributed by atoms with Gasteiger partial charge in [0.25, 0.3) is 7.82 Å². The molecule has 0 aliphatic carbocycles. The molecule has 0 heterocycles. The third-order valence-electron chi connectivity index (χ3n) is 15.5. The highest BCUT2D eigenvalue weighted by Crippen LogP contribution is 2.38. The van der Waals surface area contributed by atoms with Gasteiger partial charge in [-0.2, -0.15) is 0 Å². The molecule has 0 bridgehead atoms. The quantitative estimate of drug-likeness (QED) is 0.0212. The van der Waals surface area contributed by atoms with Crippen molar-refractivity contribution in [1.29, 1.82) is 0 Å². The molecule has 0 spiro atoms. The van der Waals surface area contributed by atoms with Crippen molar-refractivity contribution in [2.24, 2.45) is 0 Å². The molecule has 0 radical (unpaired) electrons. The van der Waals surface area contributed by atoms with Crippen molar-refractivity contribution in [2.45, 2.75) is 328 Å². The maximum absolute atomic E-state index is 13.6. The number of nitrogens with one attached hydrogen (secondary N) is 1. The predicted molar refractivity (Wildman–Crippen MR) is 367 cm³/mol. The van der Waals surface area contributed by atoms with Gasteiger partial charge < -0.3 is 28.5 Å². The summed E-state index contributed by atoms with van der Waals surface area (Å²) in [6.45, 7) is 6.72. The molecule has 1 N–H and O–H groups in total. The van der Waals surface area contributed by atoms with E-state index in [1.54, 1.807) is 0 Å². The SMILES string of the molecule is CC/C=C\C/C=C\C/C=C\C/C=C\C/C=C\CCCCCCCCCC(=O)NC(COP(=O)([O-])OCC[N+](C)(C)C)C(/C=C/CCCCCCCCCCCCC)OC(=O)CCCCCCCCCCCCCCC/C=C\C/C=C\CCCCC. The number of hydrogen-bond donors (Lipinski definition) is 1. The number of quaternary nitrogens is 1. The van der Waals surface area contributed by atoms with Crippen molar-refractivity contribution in [2.75, 3.05) is 40.9 Å². The number of ether oxygens (including phenoxy) is 1. The lowest BCUT2D eigenvalue weighted by atomic mass is 10.0. The zero-order valence-corrected chi connectivity index (χ0v) is 57.2. The molecule has 0 aromatic carbocycles. The molecule has 10 heteroatoms. The van der Waals surface area contributed by atoms with E-state index >= 15 is 0 Å². The molecule has 3 unspecified atom stereocenters. The highest BCUT2D eigenvalue weighted by Gasteiger charge is 2.27. The van der Waals surface area contributed by atoms with Gasteiger partial charge in [-0.3, -0.25) is 14.2 Å². The summed E-state index contributed by atoms with van der Waals surface area (Å²) in [5, 5.41) is 3.04. The van der Waals surface area contributed by atoms with Crippen molar-refractivity contribution in [3.8, 4) is 0 Å². The van der Waals surface area contributed by atoms with E-state index in [2.05, 4.69) is 111 Å². The summed E-state index contributed by atoms with van der Waals surface area (Å²) in [6.07, 6.45) is 86.6. The Morgan fingerprint density at radius 2 is 0.753 bits per heavy atom. The first kappa shape index (κ1) is 81.9. The summed E-state index contributed by atoms with van der Waals surface area (Å²) >= 11 is 0. The lowest BCUT2D eigenvalue weighted by molar-refractivity contribution is -0.870. The van der Waals surface area contributed by atoms with E-state index < -0.39 is 26.6 Å². The van der Waals surface area contributed by atoms with Crippen molar-refractivity contribution in [1.82, 2.24) is 5.32 Å². The molecular weight excluding hydrogens is 1070 g/mol. The van der Waals surface area contributed by atoms with Crippen LogP contribution >= 0.6 is 7.82 Å². The fourth-order valence-corrected chi connectivity index (χ4v) is 10.8. The van der Waals surface area contributed by atoms with Gasteiger partial charge in [-0.15, -0.1) is 0 Å². The fourth-order valence-electron chi connectivity index (χ4n) is 10.1. The third kappa shape index (κ3) is 65.2. The molecule has 9 nitrogen and oxygen atoms in total. The number of esters is 1. The molecule has 3 atom stereocenters. The van der Waals surface area contributed by atoms with Crippen LogP contribution in [0.25, 0.3) is 0 Å². The molecule has 0 fully saturated rings. The van der Waals surface area contributed by atoms with Crippen LogP contribution in [0.15, 0.2) is 97.2 Å². The highest BCUT2D eigenvalue weighted by molar-refractivity contribution is 7.45. The van der Waals surface area contributed by atoms with Crippen LogP contribution < -0.4 is 10.2 Å².